The summed E-state index contributed by atoms with van der Waals surface area (Å²) in [5.41, 5.74) is 6.25. The molecule has 0 amide bonds. The minimum atomic E-state index is 0.360. The highest BCUT2D eigenvalue weighted by Gasteiger charge is 1.96. The molecule has 0 spiro atoms. The summed E-state index contributed by atoms with van der Waals surface area (Å²) in [4.78, 5) is 0. The van der Waals surface area contributed by atoms with E-state index in [1.165, 1.54) is 11.1 Å². The number of aryl methyl sites for hydroxylation is 2. The number of nitrogens with one attached hydrogen (secondary N) is 1. The van der Waals surface area contributed by atoms with Gasteiger partial charge in [-0.15, -0.1) is 10.2 Å². The van der Waals surface area contributed by atoms with Gasteiger partial charge in [-0.2, -0.15) is 5.10 Å². The minimum Gasteiger partial charge on any atom is -0.260 e. The standard InChI is InChI=1S/C13H13ClN4/c1-9-3-4-10(2)11(7-9)8-15-17-13-6-5-12(14)16-18-13/h3-8H,1-2H3,(H,17,18). The predicted octanol–water partition coefficient (Wildman–Crippen LogP) is 3.19. The van der Waals surface area contributed by atoms with Crippen molar-refractivity contribution in [3.8, 4) is 0 Å². The number of halogens is 1. The molecule has 4 nitrogen and oxygen atoms in total. The molecule has 5 heteroatoms. The van der Waals surface area contributed by atoms with E-state index in [9.17, 15) is 0 Å². The summed E-state index contributed by atoms with van der Waals surface area (Å²) >= 11 is 5.64. The van der Waals surface area contributed by atoms with Crippen LogP contribution in [0.15, 0.2) is 35.4 Å². The van der Waals surface area contributed by atoms with Gasteiger partial charge in [0, 0.05) is 0 Å². The molecule has 0 aliphatic carbocycles. The smallest absolute Gasteiger partial charge is 0.168 e. The summed E-state index contributed by atoms with van der Waals surface area (Å²) in [5.74, 6) is 0.556. The van der Waals surface area contributed by atoms with Crippen LogP contribution in [0.4, 0.5) is 5.82 Å². The molecule has 0 aliphatic rings. The summed E-state index contributed by atoms with van der Waals surface area (Å²) in [5, 5.41) is 12.0. The van der Waals surface area contributed by atoms with Crippen molar-refractivity contribution in [1.82, 2.24) is 10.2 Å². The highest BCUT2D eigenvalue weighted by atomic mass is 35.5. The van der Waals surface area contributed by atoms with E-state index in [0.29, 0.717) is 11.0 Å². The molecule has 0 bridgehead atoms. The zero-order valence-corrected chi connectivity index (χ0v) is 10.9. The average Bonchev–Trinajstić information content (AvgIpc) is 2.36. The Morgan fingerprint density at radius 2 is 2.00 bits per heavy atom. The van der Waals surface area contributed by atoms with Crippen molar-refractivity contribution in [2.45, 2.75) is 13.8 Å². The molecule has 2 aromatic rings. The molecule has 1 aromatic heterocycles. The molecular weight excluding hydrogens is 248 g/mol. The van der Waals surface area contributed by atoms with Crippen molar-refractivity contribution >= 4 is 23.6 Å². The number of aromatic nitrogens is 2. The largest absolute Gasteiger partial charge is 0.260 e. The lowest BCUT2D eigenvalue weighted by Crippen LogP contribution is -1.96. The van der Waals surface area contributed by atoms with Crippen LogP contribution in [-0.2, 0) is 0 Å². The van der Waals surface area contributed by atoms with Gasteiger partial charge in [-0.25, -0.2) is 0 Å². The molecule has 0 atom stereocenters. The lowest BCUT2D eigenvalue weighted by Gasteiger charge is -2.01. The summed E-state index contributed by atoms with van der Waals surface area (Å²) in [7, 11) is 0. The zero-order chi connectivity index (χ0) is 13.0. The molecule has 1 N–H and O–H groups in total. The Labute approximate surface area is 111 Å². The van der Waals surface area contributed by atoms with Gasteiger partial charge in [-0.1, -0.05) is 35.4 Å². The van der Waals surface area contributed by atoms with Gasteiger partial charge in [0.05, 0.1) is 6.21 Å². The van der Waals surface area contributed by atoms with Crippen LogP contribution >= 0.6 is 11.6 Å². The third-order valence-electron chi connectivity index (χ3n) is 2.45. The maximum atomic E-state index is 5.64. The van der Waals surface area contributed by atoms with Gasteiger partial charge in [0.15, 0.2) is 11.0 Å². The Bertz CT molecular complexity index is 564. The van der Waals surface area contributed by atoms with Gasteiger partial charge >= 0.3 is 0 Å². The van der Waals surface area contributed by atoms with Crippen molar-refractivity contribution in [1.29, 1.82) is 0 Å². The van der Waals surface area contributed by atoms with Crippen LogP contribution in [0.1, 0.15) is 16.7 Å². The third-order valence-corrected chi connectivity index (χ3v) is 2.65. The summed E-state index contributed by atoms with van der Waals surface area (Å²) in [6.45, 7) is 4.10. The van der Waals surface area contributed by atoms with Crippen molar-refractivity contribution in [3.63, 3.8) is 0 Å². The Morgan fingerprint density at radius 1 is 1.17 bits per heavy atom. The second-order valence-electron chi connectivity index (χ2n) is 3.97. The first-order valence-corrected chi connectivity index (χ1v) is 5.88. The molecule has 0 fully saturated rings. The summed E-state index contributed by atoms with van der Waals surface area (Å²) < 4.78 is 0. The monoisotopic (exact) mass is 260 g/mol. The maximum Gasteiger partial charge on any atom is 0.168 e. The summed E-state index contributed by atoms with van der Waals surface area (Å²) in [6, 6.07) is 9.59. The Morgan fingerprint density at radius 3 is 2.72 bits per heavy atom. The van der Waals surface area contributed by atoms with E-state index < -0.39 is 0 Å². The first-order chi connectivity index (χ1) is 8.65. The number of hydrogen-bond acceptors (Lipinski definition) is 4. The van der Waals surface area contributed by atoms with E-state index in [0.717, 1.165) is 5.56 Å². The number of benzene rings is 1. The number of hydrogen-bond donors (Lipinski definition) is 1. The van der Waals surface area contributed by atoms with E-state index in [4.69, 9.17) is 11.6 Å². The first kappa shape index (κ1) is 12.5. The highest BCUT2D eigenvalue weighted by molar-refractivity contribution is 6.29. The Balaban J connectivity index is 2.07. The fraction of sp³-hybridized carbons (Fsp3) is 0.154. The predicted molar refractivity (Wildman–Crippen MR) is 74.2 cm³/mol. The molecule has 0 saturated carbocycles. The van der Waals surface area contributed by atoms with Gasteiger partial charge in [-0.05, 0) is 37.1 Å². The molecule has 92 valence electrons. The Kier molecular flexibility index (Phi) is 3.89. The van der Waals surface area contributed by atoms with Crippen LogP contribution in [0, 0.1) is 13.8 Å². The van der Waals surface area contributed by atoms with Gasteiger partial charge in [0.2, 0.25) is 0 Å². The van der Waals surface area contributed by atoms with Crippen molar-refractivity contribution < 1.29 is 0 Å². The number of anilines is 1. The lowest BCUT2D eigenvalue weighted by atomic mass is 10.1. The van der Waals surface area contributed by atoms with Crippen LogP contribution in [0.25, 0.3) is 0 Å². The fourth-order valence-electron chi connectivity index (χ4n) is 1.44. The van der Waals surface area contributed by atoms with Crippen LogP contribution in [0.3, 0.4) is 0 Å². The van der Waals surface area contributed by atoms with Crippen LogP contribution in [-0.4, -0.2) is 16.4 Å². The second-order valence-corrected chi connectivity index (χ2v) is 4.36. The van der Waals surface area contributed by atoms with E-state index in [2.05, 4.69) is 45.8 Å². The molecule has 0 saturated heterocycles. The van der Waals surface area contributed by atoms with E-state index in [1.54, 1.807) is 18.3 Å². The van der Waals surface area contributed by atoms with Gasteiger partial charge < -0.3 is 0 Å². The highest BCUT2D eigenvalue weighted by Crippen LogP contribution is 2.09. The van der Waals surface area contributed by atoms with Crippen LogP contribution in [0.5, 0.6) is 0 Å². The lowest BCUT2D eigenvalue weighted by molar-refractivity contribution is 1.02. The molecule has 0 unspecified atom stereocenters. The van der Waals surface area contributed by atoms with Crippen LogP contribution < -0.4 is 5.43 Å². The van der Waals surface area contributed by atoms with Gasteiger partial charge in [0.1, 0.15) is 0 Å². The van der Waals surface area contributed by atoms with Crippen molar-refractivity contribution in [3.05, 3.63) is 52.2 Å². The molecule has 18 heavy (non-hydrogen) atoms. The zero-order valence-electron chi connectivity index (χ0n) is 10.2. The summed E-state index contributed by atoms with van der Waals surface area (Å²) in [6.07, 6.45) is 1.76. The maximum absolute atomic E-state index is 5.64. The number of rotatable bonds is 3. The van der Waals surface area contributed by atoms with Crippen molar-refractivity contribution in [2.75, 3.05) is 5.43 Å². The molecule has 2 rings (SSSR count). The molecule has 1 aromatic carbocycles. The first-order valence-electron chi connectivity index (χ1n) is 5.51. The van der Waals surface area contributed by atoms with E-state index >= 15 is 0 Å². The second kappa shape index (κ2) is 5.60. The third kappa shape index (κ3) is 3.28. The van der Waals surface area contributed by atoms with E-state index in [-0.39, 0.29) is 0 Å². The number of nitrogens with zero attached hydrogens (tertiary/aromatic N) is 3. The Hall–Kier alpha value is -1.94. The van der Waals surface area contributed by atoms with Crippen LogP contribution in [0.2, 0.25) is 5.15 Å². The minimum absolute atomic E-state index is 0.360. The normalized spacial score (nSPS) is 10.8. The number of hydrazone groups is 1. The molecular formula is C13H13ClN4. The SMILES string of the molecule is Cc1ccc(C)c(C=NNc2ccc(Cl)nn2)c1. The molecule has 1 heterocycles. The van der Waals surface area contributed by atoms with Gasteiger partial charge in [-0.3, -0.25) is 5.43 Å². The van der Waals surface area contributed by atoms with Gasteiger partial charge in [0.25, 0.3) is 0 Å². The van der Waals surface area contributed by atoms with E-state index in [1.807, 2.05) is 6.92 Å². The molecule has 0 radical (unpaired) electrons. The fourth-order valence-corrected chi connectivity index (χ4v) is 1.54. The quantitative estimate of drug-likeness (QED) is 0.681. The molecule has 0 aliphatic heterocycles. The topological polar surface area (TPSA) is 50.2 Å². The van der Waals surface area contributed by atoms with Crippen molar-refractivity contribution in [2.24, 2.45) is 5.10 Å². The average molecular weight is 261 g/mol.